The van der Waals surface area contributed by atoms with Gasteiger partial charge >= 0.3 is 29.9 Å². The van der Waals surface area contributed by atoms with Crippen molar-refractivity contribution in [3.63, 3.8) is 0 Å². The molecule has 0 N–H and O–H groups in total. The zero-order valence-electron chi connectivity index (χ0n) is 12.2. The van der Waals surface area contributed by atoms with E-state index in [1.165, 1.54) is 0 Å². The van der Waals surface area contributed by atoms with Crippen molar-refractivity contribution >= 4 is 23.4 Å². The highest BCUT2D eigenvalue weighted by atomic mass is 35.5. The van der Waals surface area contributed by atoms with Gasteiger partial charge in [0.1, 0.15) is 0 Å². The number of alkyl halides is 9. The van der Waals surface area contributed by atoms with Crippen LogP contribution in [0, 0.1) is 0 Å². The summed E-state index contributed by atoms with van der Waals surface area (Å²) in [6, 6.07) is 1.45. The van der Waals surface area contributed by atoms with Crippen LogP contribution in [0.5, 0.6) is 0 Å². The molecule has 1 aromatic rings. The number of ketones is 1. The Morgan fingerprint density at radius 3 is 1.81 bits per heavy atom. The van der Waals surface area contributed by atoms with E-state index in [2.05, 4.69) is 4.74 Å². The summed E-state index contributed by atoms with van der Waals surface area (Å²) in [5, 5.41) is -0.363. The van der Waals surface area contributed by atoms with Gasteiger partial charge in [0.15, 0.2) is 0 Å². The number of benzene rings is 1. The van der Waals surface area contributed by atoms with Gasteiger partial charge in [-0.2, -0.15) is 39.5 Å². The molecule has 3 nitrogen and oxygen atoms in total. The average molecular weight is 417 g/mol. The van der Waals surface area contributed by atoms with Crippen LogP contribution >= 0.6 is 11.6 Å². The van der Waals surface area contributed by atoms with Gasteiger partial charge in [0.2, 0.25) is 5.78 Å². The summed E-state index contributed by atoms with van der Waals surface area (Å²) in [5.41, 5.74) is -2.71. The first-order valence-corrected chi connectivity index (χ1v) is 6.53. The molecule has 0 atom stereocenters. The summed E-state index contributed by atoms with van der Waals surface area (Å²) in [4.78, 5) is 23.1. The molecule has 0 saturated carbocycles. The Morgan fingerprint density at radius 1 is 0.885 bits per heavy atom. The first-order chi connectivity index (χ1) is 11.5. The standard InChI is InChI=1S/C13H6ClF9O3/c1-26-9(25)7-4-5(14)2-3-6(7)8(24)10(15,16)11(17,18)12(19,20)13(21,22)23/h2-4H,1H3. The third-order valence-corrected chi connectivity index (χ3v) is 3.30. The molecule has 0 fully saturated rings. The molecule has 0 unspecified atom stereocenters. The first-order valence-electron chi connectivity index (χ1n) is 6.15. The molecule has 26 heavy (non-hydrogen) atoms. The lowest BCUT2D eigenvalue weighted by molar-refractivity contribution is -0.386. The molecular formula is C13H6ClF9O3. The van der Waals surface area contributed by atoms with Crippen molar-refractivity contribution in [2.24, 2.45) is 0 Å². The number of esters is 1. The highest BCUT2D eigenvalue weighted by molar-refractivity contribution is 6.31. The Hall–Kier alpha value is -1.98. The van der Waals surface area contributed by atoms with Crippen molar-refractivity contribution in [3.05, 3.63) is 34.3 Å². The van der Waals surface area contributed by atoms with Gasteiger partial charge in [-0.25, -0.2) is 4.79 Å². The number of halogens is 10. The lowest BCUT2D eigenvalue weighted by Crippen LogP contribution is -2.63. The fourth-order valence-electron chi connectivity index (χ4n) is 1.68. The number of hydrogen-bond acceptors (Lipinski definition) is 3. The van der Waals surface area contributed by atoms with E-state index in [9.17, 15) is 49.1 Å². The minimum Gasteiger partial charge on any atom is -0.465 e. The van der Waals surface area contributed by atoms with Gasteiger partial charge in [-0.3, -0.25) is 4.79 Å². The molecular weight excluding hydrogens is 411 g/mol. The van der Waals surface area contributed by atoms with Crippen molar-refractivity contribution in [2.45, 2.75) is 23.9 Å². The summed E-state index contributed by atoms with van der Waals surface area (Å²) in [7, 11) is 0.696. The molecule has 0 aliphatic carbocycles. The fourth-order valence-corrected chi connectivity index (χ4v) is 1.85. The number of ether oxygens (including phenoxy) is 1. The van der Waals surface area contributed by atoms with Crippen LogP contribution < -0.4 is 0 Å². The van der Waals surface area contributed by atoms with E-state index < -0.39 is 46.8 Å². The van der Waals surface area contributed by atoms with Crippen molar-refractivity contribution in [1.82, 2.24) is 0 Å². The molecule has 0 radical (unpaired) electrons. The maximum absolute atomic E-state index is 13.7. The van der Waals surface area contributed by atoms with E-state index in [1.54, 1.807) is 0 Å². The zero-order chi connectivity index (χ0) is 20.7. The predicted octanol–water partition coefficient (Wildman–Crippen LogP) is 4.78. The maximum atomic E-state index is 13.7. The quantitative estimate of drug-likeness (QED) is 0.394. The highest BCUT2D eigenvalue weighted by Gasteiger charge is 2.83. The van der Waals surface area contributed by atoms with Crippen LogP contribution in [0.2, 0.25) is 5.02 Å². The van der Waals surface area contributed by atoms with Crippen molar-refractivity contribution < 1.29 is 53.8 Å². The molecule has 1 aromatic carbocycles. The van der Waals surface area contributed by atoms with E-state index in [0.717, 1.165) is 0 Å². The fraction of sp³-hybridized carbons (Fsp3) is 0.385. The Balaban J connectivity index is 3.56. The van der Waals surface area contributed by atoms with Gasteiger partial charge in [-0.1, -0.05) is 11.6 Å². The highest BCUT2D eigenvalue weighted by Crippen LogP contribution is 2.53. The van der Waals surface area contributed by atoms with E-state index in [4.69, 9.17) is 11.6 Å². The number of carbonyl (C=O) groups excluding carboxylic acids is 2. The Kier molecular flexibility index (Phi) is 5.63. The van der Waals surface area contributed by atoms with E-state index in [1.807, 2.05) is 0 Å². The molecule has 0 aliphatic rings. The minimum absolute atomic E-state index is 0.284. The second-order valence-electron chi connectivity index (χ2n) is 4.73. The number of carbonyl (C=O) groups is 2. The van der Waals surface area contributed by atoms with Crippen LogP contribution in [0.3, 0.4) is 0 Å². The topological polar surface area (TPSA) is 43.4 Å². The van der Waals surface area contributed by atoms with Crippen molar-refractivity contribution in [1.29, 1.82) is 0 Å². The van der Waals surface area contributed by atoms with Gasteiger partial charge in [-0.05, 0) is 18.2 Å². The van der Waals surface area contributed by atoms with Gasteiger partial charge in [-0.15, -0.1) is 0 Å². The average Bonchev–Trinajstić information content (AvgIpc) is 2.51. The van der Waals surface area contributed by atoms with E-state index in [0.29, 0.717) is 19.2 Å². The molecule has 0 amide bonds. The molecule has 13 heteroatoms. The number of rotatable bonds is 5. The predicted molar refractivity (Wildman–Crippen MR) is 68.0 cm³/mol. The van der Waals surface area contributed by atoms with Gasteiger partial charge in [0, 0.05) is 10.6 Å². The lowest BCUT2D eigenvalue weighted by atomic mass is 9.93. The second kappa shape index (κ2) is 6.63. The number of methoxy groups -OCH3 is 1. The van der Waals surface area contributed by atoms with Crippen LogP contribution in [0.25, 0.3) is 0 Å². The summed E-state index contributed by atoms with van der Waals surface area (Å²) < 4.78 is 120. The van der Waals surface area contributed by atoms with E-state index in [-0.39, 0.29) is 11.1 Å². The molecule has 0 bridgehead atoms. The Morgan fingerprint density at radius 2 is 1.38 bits per heavy atom. The van der Waals surface area contributed by atoms with Crippen molar-refractivity contribution in [2.75, 3.05) is 7.11 Å². The largest absolute Gasteiger partial charge is 0.465 e. The summed E-state index contributed by atoms with van der Waals surface area (Å²) >= 11 is 5.44. The number of hydrogen-bond donors (Lipinski definition) is 0. The molecule has 146 valence electrons. The van der Waals surface area contributed by atoms with Crippen LogP contribution in [-0.2, 0) is 4.74 Å². The van der Waals surface area contributed by atoms with Gasteiger partial charge in [0.25, 0.3) is 0 Å². The zero-order valence-corrected chi connectivity index (χ0v) is 13.0. The van der Waals surface area contributed by atoms with Crippen LogP contribution in [0.15, 0.2) is 18.2 Å². The third-order valence-electron chi connectivity index (χ3n) is 3.06. The second-order valence-corrected chi connectivity index (χ2v) is 5.17. The molecule has 0 spiro atoms. The third kappa shape index (κ3) is 3.33. The molecule has 0 saturated heterocycles. The molecule has 0 aromatic heterocycles. The minimum atomic E-state index is -7.24. The summed E-state index contributed by atoms with van der Waals surface area (Å²) in [6.07, 6.45) is -7.08. The van der Waals surface area contributed by atoms with Crippen LogP contribution in [-0.4, -0.2) is 42.8 Å². The molecule has 0 aliphatic heterocycles. The van der Waals surface area contributed by atoms with Gasteiger partial charge in [0.05, 0.1) is 12.7 Å². The monoisotopic (exact) mass is 416 g/mol. The van der Waals surface area contributed by atoms with Crippen molar-refractivity contribution in [3.8, 4) is 0 Å². The van der Waals surface area contributed by atoms with Gasteiger partial charge < -0.3 is 4.74 Å². The summed E-state index contributed by atoms with van der Waals surface area (Å²) in [5.74, 6) is -25.6. The molecule has 0 heterocycles. The van der Waals surface area contributed by atoms with E-state index >= 15 is 0 Å². The smallest absolute Gasteiger partial charge is 0.460 e. The normalized spacial score (nSPS) is 13.5. The van der Waals surface area contributed by atoms with Crippen LogP contribution in [0.1, 0.15) is 20.7 Å². The first kappa shape index (κ1) is 22.1. The summed E-state index contributed by atoms with van der Waals surface area (Å²) in [6.45, 7) is 0. The maximum Gasteiger partial charge on any atom is 0.460 e. The Bertz CT molecular complexity index is 728. The SMILES string of the molecule is COC(=O)c1cc(Cl)ccc1C(=O)C(F)(F)C(F)(F)C(F)(F)C(F)(F)F. The van der Waals surface area contributed by atoms with Crippen LogP contribution in [0.4, 0.5) is 39.5 Å². The number of Topliss-reactive ketones (excluding diaryl/α,β-unsaturated/α-hetero) is 1. The Labute approximate surface area is 143 Å². The molecule has 1 rings (SSSR count). The lowest BCUT2D eigenvalue weighted by Gasteiger charge is -2.32.